The lowest BCUT2D eigenvalue weighted by Gasteiger charge is -2.19. The minimum absolute atomic E-state index is 0.128. The summed E-state index contributed by atoms with van der Waals surface area (Å²) < 4.78 is 34.4. The van der Waals surface area contributed by atoms with Gasteiger partial charge in [0, 0.05) is 24.1 Å². The van der Waals surface area contributed by atoms with Crippen LogP contribution in [-0.4, -0.2) is 47.2 Å². The first-order chi connectivity index (χ1) is 20.1. The molecule has 1 unspecified atom stereocenters. The second-order valence-corrected chi connectivity index (χ2v) is 12.6. The number of anilines is 1. The lowest BCUT2D eigenvalue weighted by Crippen LogP contribution is -2.37. The Morgan fingerprint density at radius 3 is 2.28 bits per heavy atom. The van der Waals surface area contributed by atoms with Crippen LogP contribution in [0.1, 0.15) is 67.5 Å². The number of nitrogens with zero attached hydrogens (tertiary/aromatic N) is 2. The fourth-order valence-corrected chi connectivity index (χ4v) is 5.41. The predicted molar refractivity (Wildman–Crippen MR) is 158 cm³/mol. The van der Waals surface area contributed by atoms with E-state index in [4.69, 9.17) is 10.1 Å². The van der Waals surface area contributed by atoms with Gasteiger partial charge in [0.25, 0.3) is 15.6 Å². The van der Waals surface area contributed by atoms with Gasteiger partial charge < -0.3 is 10.1 Å². The number of Topliss-reactive ketones (excluding diaryl/α,β-unsaturated/α-hetero) is 1. The highest BCUT2D eigenvalue weighted by molar-refractivity contribution is 7.92. The van der Waals surface area contributed by atoms with E-state index >= 15 is 0 Å². The number of benzene rings is 2. The van der Waals surface area contributed by atoms with Crippen LogP contribution in [0.2, 0.25) is 0 Å². The van der Waals surface area contributed by atoms with Crippen molar-refractivity contribution in [2.24, 2.45) is 0 Å². The van der Waals surface area contributed by atoms with E-state index in [0.717, 1.165) is 6.20 Å². The molecule has 1 aliphatic rings. The maximum absolute atomic E-state index is 13.3. The van der Waals surface area contributed by atoms with Crippen molar-refractivity contribution in [1.29, 1.82) is 5.41 Å². The number of carbonyl (C=O) groups is 3. The van der Waals surface area contributed by atoms with Crippen molar-refractivity contribution in [3.05, 3.63) is 87.6 Å². The maximum atomic E-state index is 13.3. The Balaban J connectivity index is 1.41. The molecule has 226 valence electrons. The highest BCUT2D eigenvalue weighted by atomic mass is 32.2. The minimum Gasteiger partial charge on any atom is -0.444 e. The van der Waals surface area contributed by atoms with Gasteiger partial charge in [-0.2, -0.15) is 0 Å². The molecule has 43 heavy (non-hydrogen) atoms. The quantitative estimate of drug-likeness (QED) is 0.171. The first kappa shape index (κ1) is 31.1. The number of hydrogen-bond acceptors (Lipinski definition) is 9. The van der Waals surface area contributed by atoms with E-state index in [1.54, 1.807) is 45.0 Å². The van der Waals surface area contributed by atoms with Gasteiger partial charge in [0.15, 0.2) is 5.78 Å². The third-order valence-corrected chi connectivity index (χ3v) is 7.86. The van der Waals surface area contributed by atoms with Gasteiger partial charge in [-0.1, -0.05) is 36.4 Å². The van der Waals surface area contributed by atoms with Crippen molar-refractivity contribution in [3.63, 3.8) is 0 Å². The summed E-state index contributed by atoms with van der Waals surface area (Å²) in [6, 6.07) is 11.0. The molecule has 4 N–H and O–H groups in total. The number of rotatable bonds is 8. The topological polar surface area (TPSA) is 189 Å². The normalized spacial score (nSPS) is 14.4. The van der Waals surface area contributed by atoms with Gasteiger partial charge in [-0.25, -0.2) is 18.2 Å². The zero-order chi connectivity index (χ0) is 31.5. The average Bonchev–Trinajstić information content (AvgIpc) is 3.37. The maximum Gasteiger partial charge on any atom is 0.413 e. The summed E-state index contributed by atoms with van der Waals surface area (Å²) >= 11 is 0. The van der Waals surface area contributed by atoms with Gasteiger partial charge in [-0.15, -0.1) is 0 Å². The Labute approximate surface area is 248 Å². The van der Waals surface area contributed by atoms with Crippen LogP contribution in [0, 0.1) is 5.41 Å². The number of amides is 2. The number of amidine groups is 1. The molecule has 0 spiro atoms. The summed E-state index contributed by atoms with van der Waals surface area (Å²) in [5.41, 5.74) is -0.216. The number of aromatic nitrogens is 2. The molecule has 0 radical (unpaired) electrons. The standard InChI is InChI=1S/C29H32N6O7S/c1-17(36)19-9-11-21(12-10-19)43(40,41)34-22-16-31-24-14-13-23(35(24)27(22)38)26(37)32-15-18-5-7-20(8-6-18)25(30)33-28(39)42-29(2,3)4/h5-12,16,23,34H,13-15H2,1-4H3,(H,32,37)(H2,30,33,39). The molecule has 2 amide bonds. The molecule has 0 saturated heterocycles. The summed E-state index contributed by atoms with van der Waals surface area (Å²) in [6.07, 6.45) is 1.05. The summed E-state index contributed by atoms with van der Waals surface area (Å²) in [5, 5.41) is 13.2. The van der Waals surface area contributed by atoms with Crippen molar-refractivity contribution in [2.45, 2.75) is 63.6 Å². The van der Waals surface area contributed by atoms with Crippen LogP contribution < -0.4 is 20.9 Å². The number of ether oxygens (including phenoxy) is 1. The van der Waals surface area contributed by atoms with Crippen LogP contribution in [0.4, 0.5) is 10.5 Å². The van der Waals surface area contributed by atoms with Crippen molar-refractivity contribution < 1.29 is 27.5 Å². The predicted octanol–water partition coefficient (Wildman–Crippen LogP) is 2.90. The van der Waals surface area contributed by atoms with Gasteiger partial charge >= 0.3 is 6.09 Å². The number of fused-ring (bicyclic) bond motifs is 1. The highest BCUT2D eigenvalue weighted by Gasteiger charge is 2.32. The number of nitrogens with one attached hydrogen (secondary N) is 4. The second kappa shape index (κ2) is 12.2. The molecule has 2 aromatic carbocycles. The van der Waals surface area contributed by atoms with Gasteiger partial charge in [-0.05, 0) is 51.8 Å². The fraction of sp³-hybridized carbons (Fsp3) is 0.310. The van der Waals surface area contributed by atoms with Crippen molar-refractivity contribution in [1.82, 2.24) is 20.2 Å². The number of hydrogen-bond donors (Lipinski definition) is 4. The van der Waals surface area contributed by atoms with Crippen LogP contribution in [0.25, 0.3) is 0 Å². The molecule has 2 heterocycles. The molecule has 0 aliphatic carbocycles. The molecule has 13 nitrogen and oxygen atoms in total. The Morgan fingerprint density at radius 2 is 1.67 bits per heavy atom. The summed E-state index contributed by atoms with van der Waals surface area (Å²) in [6.45, 7) is 6.65. The van der Waals surface area contributed by atoms with Crippen LogP contribution >= 0.6 is 0 Å². The summed E-state index contributed by atoms with van der Waals surface area (Å²) in [4.78, 5) is 53.8. The SMILES string of the molecule is CC(=O)c1ccc(S(=O)(=O)Nc2cnc3n(c2=O)C(C(=O)NCc2ccc(C(=N)NC(=O)OC(C)(C)C)cc2)CC3)cc1. The van der Waals surface area contributed by atoms with E-state index in [1.165, 1.54) is 35.8 Å². The minimum atomic E-state index is -4.16. The number of ketones is 1. The molecule has 1 aliphatic heterocycles. The van der Waals surface area contributed by atoms with Gasteiger partial charge in [0.05, 0.1) is 11.1 Å². The molecule has 1 atom stereocenters. The van der Waals surface area contributed by atoms with E-state index in [0.29, 0.717) is 35.4 Å². The van der Waals surface area contributed by atoms with Crippen LogP contribution in [0.5, 0.6) is 0 Å². The summed E-state index contributed by atoms with van der Waals surface area (Å²) in [7, 11) is -4.16. The third kappa shape index (κ3) is 7.52. The van der Waals surface area contributed by atoms with Gasteiger partial charge in [0.1, 0.15) is 29.0 Å². The van der Waals surface area contributed by atoms with Gasteiger partial charge in [0.2, 0.25) is 5.91 Å². The largest absolute Gasteiger partial charge is 0.444 e. The Hall–Kier alpha value is -4.85. The molecule has 4 rings (SSSR count). The fourth-order valence-electron chi connectivity index (χ4n) is 4.37. The van der Waals surface area contributed by atoms with E-state index < -0.39 is 39.2 Å². The van der Waals surface area contributed by atoms with E-state index in [-0.39, 0.29) is 28.7 Å². The molecule has 1 aromatic heterocycles. The molecule has 0 saturated carbocycles. The van der Waals surface area contributed by atoms with E-state index in [2.05, 4.69) is 20.3 Å². The molecular weight excluding hydrogens is 576 g/mol. The number of carbonyl (C=O) groups excluding carboxylic acids is 3. The lowest BCUT2D eigenvalue weighted by molar-refractivity contribution is -0.124. The van der Waals surface area contributed by atoms with Crippen LogP contribution in [0.15, 0.2) is 64.4 Å². The van der Waals surface area contributed by atoms with E-state index in [9.17, 15) is 27.6 Å². The van der Waals surface area contributed by atoms with Gasteiger partial charge in [-0.3, -0.25) is 34.4 Å². The summed E-state index contributed by atoms with van der Waals surface area (Å²) in [5.74, 6) is -0.434. The average molecular weight is 609 g/mol. The van der Waals surface area contributed by atoms with E-state index in [1.807, 2.05) is 0 Å². The number of aryl methyl sites for hydroxylation is 1. The number of sulfonamides is 1. The molecule has 14 heteroatoms. The smallest absolute Gasteiger partial charge is 0.413 e. The number of alkyl carbamates (subject to hydrolysis) is 1. The van der Waals surface area contributed by atoms with Crippen LogP contribution in [0.3, 0.4) is 0 Å². The first-order valence-corrected chi connectivity index (χ1v) is 14.8. The molecule has 0 bridgehead atoms. The Kier molecular flexibility index (Phi) is 8.80. The lowest BCUT2D eigenvalue weighted by atomic mass is 10.1. The van der Waals surface area contributed by atoms with Crippen molar-refractivity contribution >= 4 is 39.3 Å². The second-order valence-electron chi connectivity index (χ2n) is 10.9. The molecule has 0 fully saturated rings. The Bertz CT molecular complexity index is 1740. The van der Waals surface area contributed by atoms with Crippen LogP contribution in [-0.2, 0) is 32.5 Å². The van der Waals surface area contributed by atoms with Crippen molar-refractivity contribution in [3.8, 4) is 0 Å². The highest BCUT2D eigenvalue weighted by Crippen LogP contribution is 2.24. The third-order valence-electron chi connectivity index (χ3n) is 6.48. The zero-order valence-electron chi connectivity index (χ0n) is 24.1. The Morgan fingerprint density at radius 1 is 1.05 bits per heavy atom. The zero-order valence-corrected chi connectivity index (χ0v) is 24.9. The molecular formula is C29H32N6O7S. The van der Waals surface area contributed by atoms with Crippen molar-refractivity contribution in [2.75, 3.05) is 4.72 Å². The molecule has 3 aromatic rings. The monoisotopic (exact) mass is 608 g/mol. The first-order valence-electron chi connectivity index (χ1n) is 13.3.